The van der Waals surface area contributed by atoms with Gasteiger partial charge in [0.1, 0.15) is 24.4 Å². The van der Waals surface area contributed by atoms with E-state index >= 15 is 0 Å². The van der Waals surface area contributed by atoms with Gasteiger partial charge in [0, 0.05) is 6.42 Å². The zero-order valence-corrected chi connectivity index (χ0v) is 3.87. The molecule has 1 rings (SSSR count). The minimum atomic E-state index is 0.988. The molecule has 1 fully saturated rings. The highest BCUT2D eigenvalue weighted by Crippen LogP contribution is 1.94. The van der Waals surface area contributed by atoms with Crippen LogP contribution in [0.4, 0.5) is 0 Å². The smallest absolute Gasteiger partial charge is 0.141 e. The maximum Gasteiger partial charge on any atom is 0.141 e. The second-order valence-corrected chi connectivity index (χ2v) is 2.00. The molecule has 0 radical (unpaired) electrons. The molecule has 0 aromatic heterocycles. The van der Waals surface area contributed by atoms with Gasteiger partial charge in [0.15, 0.2) is 0 Å². The molecular formula is C3H7OS+. The fourth-order valence-electron chi connectivity index (χ4n) is 0.323. The molecule has 1 heterocycles. The molecule has 5 heavy (non-hydrogen) atoms. The summed E-state index contributed by atoms with van der Waals surface area (Å²) in [5.74, 6) is 1.25. The molecular weight excluding hydrogens is 84.1 g/mol. The molecule has 0 N–H and O–H groups in total. The lowest BCUT2D eigenvalue weighted by Crippen LogP contribution is -1.70. The van der Waals surface area contributed by atoms with Gasteiger partial charge >= 0.3 is 0 Å². The summed E-state index contributed by atoms with van der Waals surface area (Å²) in [6, 6.07) is 0. The Morgan fingerprint density at radius 2 is 2.60 bits per heavy atom. The summed E-state index contributed by atoms with van der Waals surface area (Å²) in [5.41, 5.74) is 0. The quantitative estimate of drug-likeness (QED) is 0.304. The Labute approximate surface area is 35.9 Å². The lowest BCUT2D eigenvalue weighted by atomic mass is 10.5. The minimum Gasteiger partial charge on any atom is -0.176 e. The molecule has 1 aliphatic heterocycles. The van der Waals surface area contributed by atoms with E-state index in [1.54, 1.807) is 0 Å². The van der Waals surface area contributed by atoms with E-state index in [1.165, 1.54) is 24.2 Å². The summed E-state index contributed by atoms with van der Waals surface area (Å²) >= 11 is 1.19. The summed E-state index contributed by atoms with van der Waals surface area (Å²) in [5, 5.41) is 0. The average Bonchev–Trinajstić information content (AvgIpc) is 1.76. The van der Waals surface area contributed by atoms with Crippen molar-refractivity contribution in [1.29, 1.82) is 0 Å². The second-order valence-electron chi connectivity index (χ2n) is 1.04. The molecule has 0 aromatic carbocycles. The van der Waals surface area contributed by atoms with E-state index in [2.05, 4.69) is 0 Å². The van der Waals surface area contributed by atoms with Crippen molar-refractivity contribution in [3.8, 4) is 0 Å². The van der Waals surface area contributed by atoms with E-state index in [0.717, 1.165) is 6.61 Å². The fraction of sp³-hybridized carbons (Fsp3) is 1.00. The molecule has 0 aliphatic carbocycles. The SMILES string of the molecule is C1CO[SH+]C1. The predicted octanol–water partition coefficient (Wildman–Crippen LogP) is 0.137. The lowest BCUT2D eigenvalue weighted by molar-refractivity contribution is 0.401. The Balaban J connectivity index is 2.08. The number of hydrogen-bond acceptors (Lipinski definition) is 1. The Morgan fingerprint density at radius 3 is 2.80 bits per heavy atom. The standard InChI is InChI=1S/C3H6OS/c1-2-4-5-3-1/h1-3H2/p+1. The summed E-state index contributed by atoms with van der Waals surface area (Å²) in [6.07, 6.45) is 1.27. The van der Waals surface area contributed by atoms with Crippen molar-refractivity contribution < 1.29 is 4.18 Å². The first-order valence-corrected chi connectivity index (χ1v) is 2.79. The highest BCUT2D eigenvalue weighted by Gasteiger charge is 2.05. The molecule has 0 amide bonds. The van der Waals surface area contributed by atoms with Crippen LogP contribution in [0.15, 0.2) is 0 Å². The fourth-order valence-corrected chi connectivity index (χ4v) is 0.968. The summed E-state index contributed by atoms with van der Waals surface area (Å²) in [7, 11) is 0. The van der Waals surface area contributed by atoms with Crippen molar-refractivity contribution >= 4 is 12.0 Å². The van der Waals surface area contributed by atoms with Crippen LogP contribution in [0.5, 0.6) is 0 Å². The van der Waals surface area contributed by atoms with E-state index < -0.39 is 0 Å². The molecule has 2 heteroatoms. The van der Waals surface area contributed by atoms with Crippen molar-refractivity contribution in [2.75, 3.05) is 12.4 Å². The normalized spacial score (nSPS) is 24.0. The van der Waals surface area contributed by atoms with E-state index in [-0.39, 0.29) is 0 Å². The number of thiol groups is 1. The number of hydrogen-bond donors (Lipinski definition) is 0. The Bertz CT molecular complexity index is 18.5. The van der Waals surface area contributed by atoms with Gasteiger partial charge in [-0.2, -0.15) is 4.18 Å². The van der Waals surface area contributed by atoms with Crippen molar-refractivity contribution in [2.24, 2.45) is 0 Å². The molecule has 0 atom stereocenters. The predicted molar refractivity (Wildman–Crippen MR) is 24.2 cm³/mol. The summed E-state index contributed by atoms with van der Waals surface area (Å²) < 4.78 is 4.92. The van der Waals surface area contributed by atoms with Gasteiger partial charge in [-0.3, -0.25) is 0 Å². The van der Waals surface area contributed by atoms with Crippen LogP contribution in [0.1, 0.15) is 6.42 Å². The molecule has 0 spiro atoms. The minimum absolute atomic E-state index is 0.988. The van der Waals surface area contributed by atoms with Crippen LogP contribution in [0.25, 0.3) is 0 Å². The van der Waals surface area contributed by atoms with Gasteiger partial charge < -0.3 is 0 Å². The Hall–Kier alpha value is 0.310. The zero-order chi connectivity index (χ0) is 3.54. The topological polar surface area (TPSA) is 9.23 Å². The first-order chi connectivity index (χ1) is 2.50. The van der Waals surface area contributed by atoms with E-state index in [1.807, 2.05) is 0 Å². The Morgan fingerprint density at radius 1 is 1.60 bits per heavy atom. The molecule has 1 aliphatic rings. The molecule has 1 saturated heterocycles. The van der Waals surface area contributed by atoms with Crippen LogP contribution in [0.2, 0.25) is 0 Å². The third kappa shape index (κ3) is 0.816. The first-order valence-electron chi connectivity index (χ1n) is 1.79. The maximum absolute atomic E-state index is 4.92. The molecule has 1 nitrogen and oxygen atoms in total. The highest BCUT2D eigenvalue weighted by molar-refractivity contribution is 7.73. The molecule has 0 unspecified atom stereocenters. The van der Waals surface area contributed by atoms with Crippen LogP contribution in [-0.4, -0.2) is 12.4 Å². The van der Waals surface area contributed by atoms with Gasteiger partial charge in [0.2, 0.25) is 0 Å². The van der Waals surface area contributed by atoms with Crippen molar-refractivity contribution in [3.63, 3.8) is 0 Å². The average molecular weight is 91.2 g/mol. The summed E-state index contributed by atoms with van der Waals surface area (Å²) in [4.78, 5) is 0. The van der Waals surface area contributed by atoms with E-state index in [0.29, 0.717) is 0 Å². The van der Waals surface area contributed by atoms with Gasteiger partial charge in [0.25, 0.3) is 0 Å². The van der Waals surface area contributed by atoms with Gasteiger partial charge in [-0.15, -0.1) is 0 Å². The zero-order valence-electron chi connectivity index (χ0n) is 2.98. The van der Waals surface area contributed by atoms with Gasteiger partial charge in [-0.25, -0.2) is 0 Å². The van der Waals surface area contributed by atoms with Crippen LogP contribution < -0.4 is 0 Å². The number of rotatable bonds is 0. The van der Waals surface area contributed by atoms with Crippen molar-refractivity contribution in [3.05, 3.63) is 0 Å². The van der Waals surface area contributed by atoms with E-state index in [4.69, 9.17) is 4.18 Å². The molecule has 0 bridgehead atoms. The molecule has 0 saturated carbocycles. The van der Waals surface area contributed by atoms with Crippen molar-refractivity contribution in [1.82, 2.24) is 0 Å². The highest BCUT2D eigenvalue weighted by atomic mass is 32.2. The first kappa shape index (κ1) is 3.50. The van der Waals surface area contributed by atoms with Crippen LogP contribution >= 0.6 is 0 Å². The molecule has 0 aromatic rings. The summed E-state index contributed by atoms with van der Waals surface area (Å²) in [6.45, 7) is 0.988. The lowest BCUT2D eigenvalue weighted by Gasteiger charge is -1.63. The van der Waals surface area contributed by atoms with Gasteiger partial charge in [0.05, 0.1) is 0 Å². The van der Waals surface area contributed by atoms with E-state index in [9.17, 15) is 0 Å². The van der Waals surface area contributed by atoms with Gasteiger partial charge in [-0.1, -0.05) is 0 Å². The van der Waals surface area contributed by atoms with Crippen molar-refractivity contribution in [2.45, 2.75) is 6.42 Å². The Kier molecular flexibility index (Phi) is 1.17. The van der Waals surface area contributed by atoms with Crippen LogP contribution in [0, 0.1) is 0 Å². The van der Waals surface area contributed by atoms with Gasteiger partial charge in [-0.05, 0) is 0 Å². The maximum atomic E-state index is 4.92. The second kappa shape index (κ2) is 1.67. The third-order valence-electron chi connectivity index (χ3n) is 0.576. The molecule has 30 valence electrons. The van der Waals surface area contributed by atoms with Crippen LogP contribution in [0.3, 0.4) is 0 Å². The largest absolute Gasteiger partial charge is 0.176 e. The monoisotopic (exact) mass is 91.0 g/mol. The van der Waals surface area contributed by atoms with Crippen LogP contribution in [-0.2, 0) is 16.2 Å². The third-order valence-corrected chi connectivity index (χ3v) is 1.44.